The number of amides is 1. The van der Waals surface area contributed by atoms with Gasteiger partial charge in [0.15, 0.2) is 0 Å². The lowest BCUT2D eigenvalue weighted by Crippen LogP contribution is -2.43. The fourth-order valence-corrected chi connectivity index (χ4v) is 2.80. The first-order valence-corrected chi connectivity index (χ1v) is 6.36. The maximum absolute atomic E-state index is 12.0. The minimum absolute atomic E-state index is 0.127. The zero-order valence-electron chi connectivity index (χ0n) is 9.42. The molecule has 1 N–H and O–H groups in total. The third-order valence-electron chi connectivity index (χ3n) is 2.71. The van der Waals surface area contributed by atoms with Gasteiger partial charge in [0.05, 0.1) is 5.69 Å². The Kier molecular flexibility index (Phi) is 3.38. The monoisotopic (exact) mass is 251 g/mol. The largest absolute Gasteiger partial charge is 0.480 e. The maximum Gasteiger partial charge on any atom is 0.326 e. The fraction of sp³-hybridized carbons (Fsp3) is 0.333. The van der Waals surface area contributed by atoms with Gasteiger partial charge in [-0.2, -0.15) is 0 Å². The smallest absolute Gasteiger partial charge is 0.326 e. The molecule has 0 bridgehead atoms. The van der Waals surface area contributed by atoms with Crippen LogP contribution in [-0.4, -0.2) is 28.8 Å². The summed E-state index contributed by atoms with van der Waals surface area (Å²) in [4.78, 5) is 25.4. The van der Waals surface area contributed by atoms with Gasteiger partial charge < -0.3 is 5.11 Å². The molecular formula is C12H13NO3S. The lowest BCUT2D eigenvalue weighted by Gasteiger charge is -2.26. The zero-order chi connectivity index (χ0) is 12.4. The van der Waals surface area contributed by atoms with Gasteiger partial charge in [0.1, 0.15) is 6.04 Å². The molecule has 1 aromatic rings. The van der Waals surface area contributed by atoms with E-state index in [-0.39, 0.29) is 5.91 Å². The van der Waals surface area contributed by atoms with Crippen molar-refractivity contribution in [2.75, 3.05) is 10.7 Å². The van der Waals surface area contributed by atoms with Crippen molar-refractivity contribution in [2.45, 2.75) is 24.3 Å². The molecule has 0 radical (unpaired) electrons. The Morgan fingerprint density at radius 1 is 1.47 bits per heavy atom. The van der Waals surface area contributed by atoms with Crippen LogP contribution in [0.1, 0.15) is 13.3 Å². The lowest BCUT2D eigenvalue weighted by molar-refractivity contribution is -0.139. The standard InChI is InChI=1S/C12H13NO3S/c1-8(12(15)16)13-9-4-2-3-5-10(9)17-7-6-11(13)14/h2-5,8H,6-7H2,1H3,(H,15,16). The fourth-order valence-electron chi connectivity index (χ4n) is 1.82. The average Bonchev–Trinajstić information content (AvgIpc) is 2.46. The van der Waals surface area contributed by atoms with Crippen LogP contribution in [0.3, 0.4) is 0 Å². The van der Waals surface area contributed by atoms with E-state index in [1.54, 1.807) is 17.8 Å². The summed E-state index contributed by atoms with van der Waals surface area (Å²) in [5.41, 5.74) is 0.704. The maximum atomic E-state index is 12.0. The number of carboxylic acids is 1. The molecule has 0 saturated heterocycles. The number of fused-ring (bicyclic) bond motifs is 1. The molecule has 1 aliphatic heterocycles. The Labute approximate surface area is 104 Å². The van der Waals surface area contributed by atoms with E-state index in [2.05, 4.69) is 0 Å². The number of benzene rings is 1. The number of hydrogen-bond donors (Lipinski definition) is 1. The van der Waals surface area contributed by atoms with Gasteiger partial charge in [-0.3, -0.25) is 9.69 Å². The van der Waals surface area contributed by atoms with Crippen molar-refractivity contribution < 1.29 is 14.7 Å². The summed E-state index contributed by atoms with van der Waals surface area (Å²) < 4.78 is 0. The van der Waals surface area contributed by atoms with Crippen LogP contribution in [0.5, 0.6) is 0 Å². The summed E-state index contributed by atoms with van der Waals surface area (Å²) in [6.07, 6.45) is 0.372. The topological polar surface area (TPSA) is 57.6 Å². The number of anilines is 1. The van der Waals surface area contributed by atoms with Gasteiger partial charge >= 0.3 is 5.97 Å². The highest BCUT2D eigenvalue weighted by Crippen LogP contribution is 2.35. The van der Waals surface area contributed by atoms with Crippen LogP contribution in [0.2, 0.25) is 0 Å². The number of carbonyl (C=O) groups excluding carboxylic acids is 1. The molecule has 1 heterocycles. The van der Waals surface area contributed by atoms with Crippen LogP contribution >= 0.6 is 11.8 Å². The Morgan fingerprint density at radius 3 is 2.88 bits per heavy atom. The predicted molar refractivity (Wildman–Crippen MR) is 66.4 cm³/mol. The van der Waals surface area contributed by atoms with E-state index in [0.717, 1.165) is 4.90 Å². The molecule has 1 aliphatic rings. The van der Waals surface area contributed by atoms with E-state index in [0.29, 0.717) is 17.9 Å². The first-order chi connectivity index (χ1) is 8.11. The summed E-state index contributed by atoms with van der Waals surface area (Å²) in [5, 5.41) is 9.07. The van der Waals surface area contributed by atoms with Crippen LogP contribution < -0.4 is 4.90 Å². The highest BCUT2D eigenvalue weighted by atomic mass is 32.2. The predicted octanol–water partition coefficient (Wildman–Crippen LogP) is 1.99. The number of thioether (sulfide) groups is 1. The molecule has 90 valence electrons. The van der Waals surface area contributed by atoms with Gasteiger partial charge in [-0.05, 0) is 19.1 Å². The number of carboxylic acid groups (broad SMARTS) is 1. The molecule has 0 aromatic heterocycles. The molecule has 1 atom stereocenters. The molecule has 1 amide bonds. The Morgan fingerprint density at radius 2 is 2.18 bits per heavy atom. The first kappa shape index (κ1) is 12.0. The van der Waals surface area contributed by atoms with Gasteiger partial charge in [-0.1, -0.05) is 12.1 Å². The van der Waals surface area contributed by atoms with Gasteiger partial charge in [-0.15, -0.1) is 11.8 Å². The van der Waals surface area contributed by atoms with Crippen molar-refractivity contribution >= 4 is 29.3 Å². The molecule has 1 aromatic carbocycles. The summed E-state index contributed by atoms with van der Waals surface area (Å²) in [5.74, 6) is -0.420. The third kappa shape index (κ3) is 2.29. The van der Waals surface area contributed by atoms with E-state index in [1.165, 1.54) is 11.8 Å². The highest BCUT2D eigenvalue weighted by molar-refractivity contribution is 7.99. The number of hydrogen-bond acceptors (Lipinski definition) is 3. The molecule has 0 fully saturated rings. The van der Waals surface area contributed by atoms with Crippen molar-refractivity contribution in [3.8, 4) is 0 Å². The molecule has 2 rings (SSSR count). The summed E-state index contributed by atoms with van der Waals surface area (Å²) in [6.45, 7) is 1.53. The summed E-state index contributed by atoms with van der Waals surface area (Å²) in [6, 6.07) is 6.60. The van der Waals surface area contributed by atoms with E-state index in [4.69, 9.17) is 5.11 Å². The van der Waals surface area contributed by atoms with Gasteiger partial charge in [0.25, 0.3) is 0 Å². The van der Waals surface area contributed by atoms with Gasteiger partial charge in [0.2, 0.25) is 5.91 Å². The zero-order valence-corrected chi connectivity index (χ0v) is 10.2. The molecule has 1 unspecified atom stereocenters. The van der Waals surface area contributed by atoms with Crippen LogP contribution in [0.25, 0.3) is 0 Å². The number of rotatable bonds is 2. The molecule has 4 nitrogen and oxygen atoms in total. The van der Waals surface area contributed by atoms with Crippen molar-refractivity contribution in [2.24, 2.45) is 0 Å². The minimum Gasteiger partial charge on any atom is -0.480 e. The SMILES string of the molecule is CC(C(=O)O)N1C(=O)CCSc2ccccc21. The van der Waals surface area contributed by atoms with Crippen molar-refractivity contribution in [3.05, 3.63) is 24.3 Å². The number of carbonyl (C=O) groups is 2. The molecule has 0 aliphatic carbocycles. The second-order valence-electron chi connectivity index (χ2n) is 3.84. The van der Waals surface area contributed by atoms with Crippen LogP contribution in [0.4, 0.5) is 5.69 Å². The number of nitrogens with zero attached hydrogens (tertiary/aromatic N) is 1. The van der Waals surface area contributed by atoms with E-state index >= 15 is 0 Å². The van der Waals surface area contributed by atoms with Gasteiger partial charge in [-0.25, -0.2) is 4.79 Å². The van der Waals surface area contributed by atoms with E-state index < -0.39 is 12.0 Å². The molecule has 0 spiro atoms. The quantitative estimate of drug-likeness (QED) is 0.873. The third-order valence-corrected chi connectivity index (χ3v) is 3.78. The Balaban J connectivity index is 2.47. The van der Waals surface area contributed by atoms with Crippen LogP contribution in [0.15, 0.2) is 29.2 Å². The Bertz CT molecular complexity index is 461. The van der Waals surface area contributed by atoms with Crippen LogP contribution in [-0.2, 0) is 9.59 Å². The molecule has 5 heteroatoms. The summed E-state index contributed by atoms with van der Waals surface area (Å²) >= 11 is 1.59. The molecule has 17 heavy (non-hydrogen) atoms. The lowest BCUT2D eigenvalue weighted by atomic mass is 10.2. The average molecular weight is 251 g/mol. The molecular weight excluding hydrogens is 238 g/mol. The van der Waals surface area contributed by atoms with Crippen molar-refractivity contribution in [3.63, 3.8) is 0 Å². The number of aliphatic carboxylic acids is 1. The number of para-hydroxylation sites is 1. The Hall–Kier alpha value is -1.49. The second-order valence-corrected chi connectivity index (χ2v) is 4.98. The van der Waals surface area contributed by atoms with Crippen molar-refractivity contribution in [1.29, 1.82) is 0 Å². The van der Waals surface area contributed by atoms with Crippen LogP contribution in [0, 0.1) is 0 Å². The van der Waals surface area contributed by atoms with Crippen molar-refractivity contribution in [1.82, 2.24) is 0 Å². The van der Waals surface area contributed by atoms with Gasteiger partial charge in [0, 0.05) is 17.1 Å². The van der Waals surface area contributed by atoms with E-state index in [9.17, 15) is 9.59 Å². The second kappa shape index (κ2) is 4.79. The minimum atomic E-state index is -0.986. The normalized spacial score (nSPS) is 17.2. The summed E-state index contributed by atoms with van der Waals surface area (Å²) in [7, 11) is 0. The first-order valence-electron chi connectivity index (χ1n) is 5.38. The molecule has 0 saturated carbocycles. The van der Waals surface area contributed by atoms with E-state index in [1.807, 2.05) is 18.2 Å². The highest BCUT2D eigenvalue weighted by Gasteiger charge is 2.30.